The van der Waals surface area contributed by atoms with E-state index in [2.05, 4.69) is 0 Å². The SMILES string of the molecule is O=C(CCc1ccccc1O)N1CCOC(CO)C1. The average Bonchev–Trinajstić information content (AvgIpc) is 2.46. The molecule has 0 aromatic heterocycles. The molecule has 0 aliphatic carbocycles. The predicted octanol–water partition coefficient (Wildman–Crippen LogP) is 0.544. The normalized spacial score (nSPS) is 19.4. The summed E-state index contributed by atoms with van der Waals surface area (Å²) < 4.78 is 5.31. The van der Waals surface area contributed by atoms with Crippen molar-refractivity contribution in [1.82, 2.24) is 4.90 Å². The highest BCUT2D eigenvalue weighted by Crippen LogP contribution is 2.18. The molecule has 104 valence electrons. The minimum atomic E-state index is -0.275. The van der Waals surface area contributed by atoms with Gasteiger partial charge in [0.25, 0.3) is 0 Å². The van der Waals surface area contributed by atoms with E-state index in [4.69, 9.17) is 9.84 Å². The summed E-state index contributed by atoms with van der Waals surface area (Å²) in [7, 11) is 0. The number of hydrogen-bond acceptors (Lipinski definition) is 4. The number of aliphatic hydroxyl groups excluding tert-OH is 1. The van der Waals surface area contributed by atoms with Gasteiger partial charge in [0.05, 0.1) is 19.3 Å². The molecular formula is C14H19NO4. The van der Waals surface area contributed by atoms with Gasteiger partial charge in [-0.3, -0.25) is 4.79 Å². The Morgan fingerprint density at radius 1 is 1.42 bits per heavy atom. The Morgan fingerprint density at radius 3 is 2.95 bits per heavy atom. The molecule has 2 N–H and O–H groups in total. The highest BCUT2D eigenvalue weighted by atomic mass is 16.5. The van der Waals surface area contributed by atoms with Crippen LogP contribution in [0.15, 0.2) is 24.3 Å². The number of amides is 1. The maximum absolute atomic E-state index is 12.1. The highest BCUT2D eigenvalue weighted by molar-refractivity contribution is 5.76. The summed E-state index contributed by atoms with van der Waals surface area (Å²) in [6.07, 6.45) is 0.602. The zero-order chi connectivity index (χ0) is 13.7. The number of aromatic hydroxyl groups is 1. The first-order valence-electron chi connectivity index (χ1n) is 6.48. The highest BCUT2D eigenvalue weighted by Gasteiger charge is 2.23. The van der Waals surface area contributed by atoms with Gasteiger partial charge in [-0.25, -0.2) is 0 Å². The van der Waals surface area contributed by atoms with Crippen LogP contribution in [-0.2, 0) is 16.0 Å². The smallest absolute Gasteiger partial charge is 0.223 e. The van der Waals surface area contributed by atoms with Crippen LogP contribution in [0.2, 0.25) is 0 Å². The maximum atomic E-state index is 12.1. The van der Waals surface area contributed by atoms with Gasteiger partial charge in [-0.15, -0.1) is 0 Å². The maximum Gasteiger partial charge on any atom is 0.223 e. The fraction of sp³-hybridized carbons (Fsp3) is 0.500. The van der Waals surface area contributed by atoms with Crippen molar-refractivity contribution in [2.24, 2.45) is 0 Å². The van der Waals surface area contributed by atoms with Gasteiger partial charge >= 0.3 is 0 Å². The summed E-state index contributed by atoms with van der Waals surface area (Å²) in [6.45, 7) is 1.41. The largest absolute Gasteiger partial charge is 0.508 e. The number of phenolic OH excluding ortho intramolecular Hbond substituents is 1. The first-order chi connectivity index (χ1) is 9.20. The van der Waals surface area contributed by atoms with Crippen LogP contribution in [-0.4, -0.2) is 53.4 Å². The minimum Gasteiger partial charge on any atom is -0.508 e. The van der Waals surface area contributed by atoms with Gasteiger partial charge in [0.15, 0.2) is 0 Å². The number of aryl methyl sites for hydroxylation is 1. The number of nitrogens with zero attached hydrogens (tertiary/aromatic N) is 1. The molecule has 1 aliphatic heterocycles. The lowest BCUT2D eigenvalue weighted by molar-refractivity contribution is -0.140. The van der Waals surface area contributed by atoms with Crippen LogP contribution in [0.5, 0.6) is 5.75 Å². The molecule has 1 aromatic rings. The third-order valence-corrected chi connectivity index (χ3v) is 3.29. The molecule has 1 aromatic carbocycles. The van der Waals surface area contributed by atoms with E-state index in [-0.39, 0.29) is 24.4 Å². The van der Waals surface area contributed by atoms with E-state index in [0.717, 1.165) is 5.56 Å². The van der Waals surface area contributed by atoms with Crippen LogP contribution in [0.3, 0.4) is 0 Å². The van der Waals surface area contributed by atoms with Gasteiger partial charge in [0.2, 0.25) is 5.91 Å². The van der Waals surface area contributed by atoms with E-state index in [9.17, 15) is 9.90 Å². The Balaban J connectivity index is 1.86. The van der Waals surface area contributed by atoms with Gasteiger partial charge in [0.1, 0.15) is 5.75 Å². The summed E-state index contributed by atoms with van der Waals surface area (Å²) in [5, 5.41) is 18.7. The number of carbonyl (C=O) groups is 1. The molecule has 1 atom stereocenters. The molecule has 5 nitrogen and oxygen atoms in total. The fourth-order valence-corrected chi connectivity index (χ4v) is 2.18. The Hall–Kier alpha value is -1.59. The van der Waals surface area contributed by atoms with Gasteiger partial charge in [-0.2, -0.15) is 0 Å². The second kappa shape index (κ2) is 6.54. The first kappa shape index (κ1) is 13.8. The number of rotatable bonds is 4. The molecule has 5 heteroatoms. The summed E-state index contributed by atoms with van der Waals surface area (Å²) in [4.78, 5) is 13.8. The Labute approximate surface area is 112 Å². The molecular weight excluding hydrogens is 246 g/mol. The number of benzene rings is 1. The summed E-state index contributed by atoms with van der Waals surface area (Å²) in [6, 6.07) is 7.04. The van der Waals surface area contributed by atoms with Crippen LogP contribution in [0, 0.1) is 0 Å². The molecule has 1 heterocycles. The van der Waals surface area contributed by atoms with Crippen LogP contribution < -0.4 is 0 Å². The van der Waals surface area contributed by atoms with Crippen LogP contribution >= 0.6 is 0 Å². The van der Waals surface area contributed by atoms with Gasteiger partial charge in [-0.1, -0.05) is 18.2 Å². The summed E-state index contributed by atoms with van der Waals surface area (Å²) in [5.74, 6) is 0.260. The van der Waals surface area contributed by atoms with Gasteiger partial charge in [0, 0.05) is 19.5 Å². The minimum absolute atomic E-state index is 0.0324. The standard InChI is InChI=1S/C14H19NO4/c16-10-12-9-15(7-8-19-12)14(18)6-5-11-3-1-2-4-13(11)17/h1-4,12,16-17H,5-10H2. The summed E-state index contributed by atoms with van der Waals surface area (Å²) in [5.41, 5.74) is 0.780. The Kier molecular flexibility index (Phi) is 4.76. The lowest BCUT2D eigenvalue weighted by Crippen LogP contribution is -2.46. The molecule has 19 heavy (non-hydrogen) atoms. The van der Waals surface area contributed by atoms with Crippen molar-refractivity contribution in [3.8, 4) is 5.75 Å². The van der Waals surface area contributed by atoms with Crippen LogP contribution in [0.4, 0.5) is 0 Å². The molecule has 1 unspecified atom stereocenters. The van der Waals surface area contributed by atoms with Crippen molar-refractivity contribution in [3.63, 3.8) is 0 Å². The molecule has 2 rings (SSSR count). The van der Waals surface area contributed by atoms with Crippen molar-refractivity contribution >= 4 is 5.91 Å². The zero-order valence-electron chi connectivity index (χ0n) is 10.8. The van der Waals surface area contributed by atoms with Crippen LogP contribution in [0.25, 0.3) is 0 Å². The molecule has 0 radical (unpaired) electrons. The Bertz CT molecular complexity index is 435. The van der Waals surface area contributed by atoms with E-state index in [1.807, 2.05) is 12.1 Å². The summed E-state index contributed by atoms with van der Waals surface area (Å²) >= 11 is 0. The molecule has 0 spiro atoms. The van der Waals surface area contributed by atoms with Crippen molar-refractivity contribution in [1.29, 1.82) is 0 Å². The van der Waals surface area contributed by atoms with Crippen molar-refractivity contribution in [2.75, 3.05) is 26.3 Å². The molecule has 0 bridgehead atoms. The third-order valence-electron chi connectivity index (χ3n) is 3.29. The first-order valence-corrected chi connectivity index (χ1v) is 6.48. The van der Waals surface area contributed by atoms with Crippen molar-refractivity contribution in [2.45, 2.75) is 18.9 Å². The van der Waals surface area contributed by atoms with E-state index >= 15 is 0 Å². The number of ether oxygens (including phenoxy) is 1. The zero-order valence-corrected chi connectivity index (χ0v) is 10.8. The van der Waals surface area contributed by atoms with Crippen molar-refractivity contribution < 1.29 is 19.7 Å². The lowest BCUT2D eigenvalue weighted by Gasteiger charge is -2.32. The van der Waals surface area contributed by atoms with Crippen molar-refractivity contribution in [3.05, 3.63) is 29.8 Å². The van der Waals surface area contributed by atoms with Gasteiger partial charge in [-0.05, 0) is 18.1 Å². The molecule has 1 fully saturated rings. The molecule has 1 saturated heterocycles. The predicted molar refractivity (Wildman–Crippen MR) is 69.8 cm³/mol. The topological polar surface area (TPSA) is 70.0 Å². The fourth-order valence-electron chi connectivity index (χ4n) is 2.18. The number of para-hydroxylation sites is 1. The van der Waals surface area contributed by atoms with Gasteiger partial charge < -0.3 is 19.8 Å². The Morgan fingerprint density at radius 2 is 2.21 bits per heavy atom. The van der Waals surface area contributed by atoms with E-state index < -0.39 is 0 Å². The average molecular weight is 265 g/mol. The number of hydrogen-bond donors (Lipinski definition) is 2. The molecule has 1 amide bonds. The third kappa shape index (κ3) is 3.68. The second-order valence-corrected chi connectivity index (χ2v) is 4.64. The number of carbonyl (C=O) groups excluding carboxylic acids is 1. The van der Waals surface area contributed by atoms with E-state index in [1.165, 1.54) is 0 Å². The lowest BCUT2D eigenvalue weighted by atomic mass is 10.1. The monoisotopic (exact) mass is 265 g/mol. The van der Waals surface area contributed by atoms with Crippen LogP contribution in [0.1, 0.15) is 12.0 Å². The molecule has 1 aliphatic rings. The quantitative estimate of drug-likeness (QED) is 0.834. The molecule has 0 saturated carbocycles. The number of morpholine rings is 1. The second-order valence-electron chi connectivity index (χ2n) is 4.64. The van der Waals surface area contributed by atoms with E-state index in [0.29, 0.717) is 32.5 Å². The number of aliphatic hydroxyl groups is 1. The van der Waals surface area contributed by atoms with E-state index in [1.54, 1.807) is 17.0 Å². The number of phenols is 1.